The Bertz CT molecular complexity index is 2540. The summed E-state index contributed by atoms with van der Waals surface area (Å²) in [5.74, 6) is 4.04. The van der Waals surface area contributed by atoms with E-state index in [4.69, 9.17) is 19.9 Å². The molecule has 0 N–H and O–H groups in total. The molecule has 60 heavy (non-hydrogen) atoms. The molecule has 1 aliphatic heterocycles. The van der Waals surface area contributed by atoms with Crippen molar-refractivity contribution in [2.45, 2.75) is 33.6 Å². The van der Waals surface area contributed by atoms with Crippen molar-refractivity contribution in [2.24, 2.45) is 0 Å². The number of hydrogen-bond acceptors (Lipinski definition) is 1. The zero-order valence-corrected chi connectivity index (χ0v) is 37.1. The predicted octanol–water partition coefficient (Wildman–Crippen LogP) is 10.4. The van der Waals surface area contributed by atoms with E-state index < -0.39 is 0 Å². The van der Waals surface area contributed by atoms with Crippen LogP contribution in [0.5, 0.6) is 0 Å². The maximum Gasteiger partial charge on any atom is 0.0768 e. The zero-order chi connectivity index (χ0) is 40.1. The van der Waals surface area contributed by atoms with E-state index in [2.05, 4.69) is 164 Å². The van der Waals surface area contributed by atoms with Crippen LogP contribution >= 0.6 is 0 Å². The monoisotopic (exact) mass is 825 g/mol. The Balaban J connectivity index is 0.000000568. The summed E-state index contributed by atoms with van der Waals surface area (Å²) < 4.78 is 0. The molecule has 0 spiro atoms. The number of rotatable bonds is 6. The fraction of sp³-hybridized carbons (Fsp3) is 0.0926. The van der Waals surface area contributed by atoms with E-state index in [9.17, 15) is 0 Å². The number of aromatic nitrogens is 5. The molecular formula is C54H43N5Zn. The number of pyridine rings is 1. The first kappa shape index (κ1) is 40.1. The normalized spacial score (nSPS) is 12.1. The van der Waals surface area contributed by atoms with Crippen molar-refractivity contribution >= 4 is 0 Å². The summed E-state index contributed by atoms with van der Waals surface area (Å²) in [6, 6.07) is 58.9. The smallest absolute Gasteiger partial charge is 0.0768 e. The second-order valence-corrected chi connectivity index (χ2v) is 14.6. The average Bonchev–Trinajstić information content (AvgIpc) is 4.12. The summed E-state index contributed by atoms with van der Waals surface area (Å²) in [6.45, 7) is 6.49. The minimum Gasteiger partial charge on any atom is -0.628 e. The van der Waals surface area contributed by atoms with Gasteiger partial charge in [0.15, 0.2) is 0 Å². The molecule has 5 aromatic heterocycles. The molecule has 0 saturated carbocycles. The van der Waals surface area contributed by atoms with Crippen LogP contribution in [0.2, 0.25) is 0 Å². The first-order valence-corrected chi connectivity index (χ1v) is 20.3. The third-order valence-electron chi connectivity index (χ3n) is 10.9. The molecule has 0 amide bonds. The molecule has 1 aliphatic rings. The van der Waals surface area contributed by atoms with E-state index in [0.29, 0.717) is 0 Å². The van der Waals surface area contributed by atoms with Crippen molar-refractivity contribution < 1.29 is 19.5 Å². The molecular weight excluding hydrogens is 784 g/mol. The van der Waals surface area contributed by atoms with Crippen LogP contribution in [0, 0.1) is 30.6 Å². The van der Waals surface area contributed by atoms with E-state index in [-0.39, 0.29) is 19.5 Å². The van der Waals surface area contributed by atoms with Gasteiger partial charge in [-0.15, -0.1) is 0 Å². The van der Waals surface area contributed by atoms with Crippen LogP contribution in [0.3, 0.4) is 0 Å². The summed E-state index contributed by atoms with van der Waals surface area (Å²) in [5.41, 5.74) is 15.2. The van der Waals surface area contributed by atoms with Crippen molar-refractivity contribution in [3.63, 3.8) is 0 Å². The Hall–Kier alpha value is -6.75. The van der Waals surface area contributed by atoms with Gasteiger partial charge in [-0.25, -0.2) is 0 Å². The maximum atomic E-state index is 5.65. The third-order valence-corrected chi connectivity index (χ3v) is 10.9. The number of aryl methyl sites for hydroxylation is 1. The van der Waals surface area contributed by atoms with Gasteiger partial charge in [0.05, 0.1) is 22.3 Å². The number of nitrogens with zero attached hydrogens (tertiary/aromatic N) is 5. The molecule has 6 heterocycles. The molecule has 286 valence electrons. The number of benzene rings is 4. The van der Waals surface area contributed by atoms with Crippen LogP contribution in [0.1, 0.15) is 98.3 Å². The molecule has 4 aromatic carbocycles. The van der Waals surface area contributed by atoms with Crippen molar-refractivity contribution in [2.75, 3.05) is 0 Å². The molecule has 5 nitrogen and oxygen atoms in total. The van der Waals surface area contributed by atoms with Gasteiger partial charge in [-0.3, -0.25) is 4.98 Å². The Morgan fingerprint density at radius 1 is 0.383 bits per heavy atom. The Labute approximate surface area is 366 Å². The molecule has 0 saturated heterocycles. The second kappa shape index (κ2) is 18.0. The minimum atomic E-state index is 0. The summed E-state index contributed by atoms with van der Waals surface area (Å²) in [5, 5.41) is 0. The van der Waals surface area contributed by atoms with E-state index >= 15 is 0 Å². The van der Waals surface area contributed by atoms with Crippen LogP contribution < -0.4 is 19.9 Å². The molecule has 0 radical (unpaired) electrons. The summed E-state index contributed by atoms with van der Waals surface area (Å²) in [4.78, 5) is 25.8. The molecule has 9 aromatic rings. The van der Waals surface area contributed by atoms with Crippen LogP contribution in [-0.2, 0) is 32.3 Å². The Morgan fingerprint density at radius 2 is 0.700 bits per heavy atom. The molecule has 0 unspecified atom stereocenters. The Morgan fingerprint density at radius 3 is 0.967 bits per heavy atom. The van der Waals surface area contributed by atoms with Gasteiger partial charge in [0.1, 0.15) is 0 Å². The molecule has 10 rings (SSSR count). The van der Waals surface area contributed by atoms with Crippen LogP contribution in [-0.4, -0.2) is 4.98 Å². The van der Waals surface area contributed by atoms with Gasteiger partial charge < -0.3 is 19.9 Å². The van der Waals surface area contributed by atoms with E-state index in [1.807, 2.05) is 37.4 Å². The SMILES string of the molecule is CCc1c2[n-]c(c1CC)[C+](c1ccccc1)c1ccc([n-]1)[C+](c1ccccc1)c1ccc([n-]1)[C+](c1ccccc1)c1ccc([n-]1)[C+]2c1ccccc1.Cc1cccnc1.[Zn]. The number of hydrogen-bond donors (Lipinski definition) is 0. The van der Waals surface area contributed by atoms with Gasteiger partial charge in [-0.2, -0.15) is 0 Å². The molecule has 0 aliphatic carbocycles. The van der Waals surface area contributed by atoms with Gasteiger partial charge >= 0.3 is 0 Å². The maximum absolute atomic E-state index is 5.65. The van der Waals surface area contributed by atoms with Gasteiger partial charge in [-0.05, 0) is 137 Å². The van der Waals surface area contributed by atoms with Crippen LogP contribution in [0.25, 0.3) is 0 Å². The molecule has 6 heteroatoms. The second-order valence-electron chi connectivity index (χ2n) is 14.6. The van der Waals surface area contributed by atoms with Gasteiger partial charge in [-0.1, -0.05) is 19.9 Å². The van der Waals surface area contributed by atoms with Crippen molar-refractivity contribution in [3.8, 4) is 0 Å². The number of fused-ring (bicyclic) bond motifs is 8. The predicted molar refractivity (Wildman–Crippen MR) is 235 cm³/mol. The average molecular weight is 827 g/mol. The Kier molecular flexibility index (Phi) is 12.0. The standard InChI is InChI=1S/C48H36N4.C6H7N.Zn/c1-3-35-36(4-2)48-46(34-23-15-8-16-24-34)42-30-28-40(51-42)44(32-19-11-6-12-20-32)38-26-25-37(49-38)43(31-17-9-5-10-18-31)39-27-29-41(50-39)45(47(35)52-48)33-21-13-7-14-22-33;1-6-3-2-4-7-5-6;/h5-30H,3-4H2,1-2H3;2-5H,1H3;. The fourth-order valence-electron chi connectivity index (χ4n) is 8.16. The van der Waals surface area contributed by atoms with Crippen molar-refractivity contribution in [3.05, 3.63) is 290 Å². The quantitative estimate of drug-likeness (QED) is 0.123. The first-order valence-electron chi connectivity index (χ1n) is 20.3. The summed E-state index contributed by atoms with van der Waals surface area (Å²) in [7, 11) is 0. The van der Waals surface area contributed by atoms with Crippen LogP contribution in [0.4, 0.5) is 0 Å². The zero-order valence-electron chi connectivity index (χ0n) is 34.2. The molecule has 0 fully saturated rings. The molecule has 0 atom stereocenters. The topological polar surface area (TPSA) is 69.3 Å². The minimum absolute atomic E-state index is 0. The van der Waals surface area contributed by atoms with Gasteiger partial charge in [0.2, 0.25) is 0 Å². The van der Waals surface area contributed by atoms with Gasteiger partial charge in [0, 0.05) is 164 Å². The third kappa shape index (κ3) is 7.87. The van der Waals surface area contributed by atoms with E-state index in [1.165, 1.54) is 16.7 Å². The van der Waals surface area contributed by atoms with Crippen molar-refractivity contribution in [1.82, 2.24) is 24.9 Å². The molecule has 8 bridgehead atoms. The fourth-order valence-corrected chi connectivity index (χ4v) is 8.16. The summed E-state index contributed by atoms with van der Waals surface area (Å²) in [6.07, 6.45) is 5.28. The first-order chi connectivity index (χ1) is 29.1. The summed E-state index contributed by atoms with van der Waals surface area (Å²) >= 11 is 0. The largest absolute Gasteiger partial charge is 0.628 e. The van der Waals surface area contributed by atoms with Crippen LogP contribution in [0.15, 0.2) is 182 Å². The van der Waals surface area contributed by atoms with Gasteiger partial charge in [0.25, 0.3) is 0 Å². The van der Waals surface area contributed by atoms with E-state index in [1.54, 1.807) is 6.20 Å². The van der Waals surface area contributed by atoms with Crippen molar-refractivity contribution in [1.29, 1.82) is 0 Å². The van der Waals surface area contributed by atoms with E-state index in [0.717, 1.165) is 104 Å².